The highest BCUT2D eigenvalue weighted by molar-refractivity contribution is 5.92. The van der Waals surface area contributed by atoms with Crippen molar-refractivity contribution in [2.75, 3.05) is 50.7 Å². The van der Waals surface area contributed by atoms with E-state index in [9.17, 15) is 4.79 Å². The van der Waals surface area contributed by atoms with Crippen LogP contribution in [0.3, 0.4) is 0 Å². The zero-order chi connectivity index (χ0) is 22.5. The third kappa shape index (κ3) is 4.35. The van der Waals surface area contributed by atoms with Crippen LogP contribution in [0.1, 0.15) is 24.0 Å². The standard InChI is InChI=1S/C27H31N5O/c33-25-27(23-9-3-1-4-10-23,24-11-5-2-6-12-24)13-7-16-31(25)20-17-30-18-21-32(22-19-30)26-28-14-8-15-29-26/h1-6,8-12,14-15H,7,13,16-22H2. The summed E-state index contributed by atoms with van der Waals surface area (Å²) in [5.41, 5.74) is 1.61. The SMILES string of the molecule is O=C1N(CCN2CCN(c3ncccn3)CC2)CCCC1(c1ccccc1)c1ccccc1. The van der Waals surface area contributed by atoms with Crippen molar-refractivity contribution in [2.24, 2.45) is 0 Å². The number of aromatic nitrogens is 2. The van der Waals surface area contributed by atoms with Gasteiger partial charge in [-0.2, -0.15) is 0 Å². The van der Waals surface area contributed by atoms with Crippen molar-refractivity contribution in [1.82, 2.24) is 19.8 Å². The van der Waals surface area contributed by atoms with Crippen LogP contribution in [-0.4, -0.2) is 71.5 Å². The Morgan fingerprint density at radius 1 is 0.727 bits per heavy atom. The fraction of sp³-hybridized carbons (Fsp3) is 0.370. The van der Waals surface area contributed by atoms with Crippen LogP contribution in [0.25, 0.3) is 0 Å². The summed E-state index contributed by atoms with van der Waals surface area (Å²) in [4.78, 5) is 29.6. The molecular formula is C27H31N5O. The Labute approximate surface area is 195 Å². The molecule has 3 heterocycles. The van der Waals surface area contributed by atoms with E-state index in [1.165, 1.54) is 0 Å². The Morgan fingerprint density at radius 2 is 1.33 bits per heavy atom. The van der Waals surface area contributed by atoms with Gasteiger partial charge < -0.3 is 9.80 Å². The number of rotatable bonds is 6. The summed E-state index contributed by atoms with van der Waals surface area (Å²) in [7, 11) is 0. The molecule has 3 aromatic rings. The summed E-state index contributed by atoms with van der Waals surface area (Å²) >= 11 is 0. The minimum atomic E-state index is -0.593. The third-order valence-corrected chi connectivity index (χ3v) is 7.06. The first kappa shape index (κ1) is 21.6. The van der Waals surface area contributed by atoms with E-state index in [0.29, 0.717) is 0 Å². The molecule has 0 unspecified atom stereocenters. The van der Waals surface area contributed by atoms with Gasteiger partial charge in [0, 0.05) is 58.2 Å². The summed E-state index contributed by atoms with van der Waals surface area (Å²) < 4.78 is 0. The van der Waals surface area contributed by atoms with Crippen LogP contribution in [0.5, 0.6) is 0 Å². The number of piperazine rings is 1. The predicted octanol–water partition coefficient (Wildman–Crippen LogP) is 3.21. The molecule has 2 aromatic carbocycles. The molecule has 6 nitrogen and oxygen atoms in total. The van der Waals surface area contributed by atoms with E-state index >= 15 is 0 Å². The number of likely N-dealkylation sites (tertiary alicyclic amines) is 1. The van der Waals surface area contributed by atoms with Crippen molar-refractivity contribution in [3.8, 4) is 0 Å². The Balaban J connectivity index is 1.28. The number of amides is 1. The van der Waals surface area contributed by atoms with E-state index in [1.807, 2.05) is 42.5 Å². The molecule has 170 valence electrons. The molecule has 2 fully saturated rings. The van der Waals surface area contributed by atoms with Crippen LogP contribution in [0.15, 0.2) is 79.1 Å². The van der Waals surface area contributed by atoms with Gasteiger partial charge in [-0.15, -0.1) is 0 Å². The average Bonchev–Trinajstić information content (AvgIpc) is 2.90. The second-order valence-corrected chi connectivity index (χ2v) is 8.91. The molecule has 0 spiro atoms. The molecule has 0 atom stereocenters. The van der Waals surface area contributed by atoms with Crippen LogP contribution in [0, 0.1) is 0 Å². The quantitative estimate of drug-likeness (QED) is 0.588. The van der Waals surface area contributed by atoms with Crippen molar-refractivity contribution < 1.29 is 4.79 Å². The zero-order valence-corrected chi connectivity index (χ0v) is 19.0. The smallest absolute Gasteiger partial charge is 0.237 e. The maximum Gasteiger partial charge on any atom is 0.237 e. The number of carbonyl (C=O) groups is 1. The van der Waals surface area contributed by atoms with Gasteiger partial charge in [0.05, 0.1) is 5.41 Å². The van der Waals surface area contributed by atoms with Gasteiger partial charge in [0.1, 0.15) is 0 Å². The van der Waals surface area contributed by atoms with E-state index in [4.69, 9.17) is 0 Å². The van der Waals surface area contributed by atoms with Crippen molar-refractivity contribution >= 4 is 11.9 Å². The number of hydrogen-bond acceptors (Lipinski definition) is 5. The summed E-state index contributed by atoms with van der Waals surface area (Å²) in [5.74, 6) is 1.04. The van der Waals surface area contributed by atoms with E-state index in [-0.39, 0.29) is 5.91 Å². The van der Waals surface area contributed by atoms with Crippen molar-refractivity contribution in [3.05, 3.63) is 90.3 Å². The molecule has 0 aliphatic carbocycles. The number of nitrogens with zero attached hydrogens (tertiary/aromatic N) is 5. The normalized spacial score (nSPS) is 19.0. The van der Waals surface area contributed by atoms with Crippen LogP contribution >= 0.6 is 0 Å². The van der Waals surface area contributed by atoms with Crippen LogP contribution in [0.4, 0.5) is 5.95 Å². The number of piperidine rings is 1. The van der Waals surface area contributed by atoms with Gasteiger partial charge in [-0.1, -0.05) is 60.7 Å². The topological polar surface area (TPSA) is 52.6 Å². The summed E-state index contributed by atoms with van der Waals surface area (Å²) in [6.07, 6.45) is 5.45. The van der Waals surface area contributed by atoms with Gasteiger partial charge in [0.25, 0.3) is 0 Å². The van der Waals surface area contributed by atoms with Gasteiger partial charge in [-0.25, -0.2) is 9.97 Å². The Bertz CT molecular complexity index is 996. The summed E-state index contributed by atoms with van der Waals surface area (Å²) in [5, 5.41) is 0. The molecule has 0 bridgehead atoms. The molecule has 0 saturated carbocycles. The van der Waals surface area contributed by atoms with E-state index in [2.05, 4.69) is 48.9 Å². The number of anilines is 1. The molecule has 0 N–H and O–H groups in total. The Kier molecular flexibility index (Phi) is 6.35. The van der Waals surface area contributed by atoms with Crippen molar-refractivity contribution in [2.45, 2.75) is 18.3 Å². The van der Waals surface area contributed by atoms with Crippen LogP contribution < -0.4 is 4.90 Å². The third-order valence-electron chi connectivity index (χ3n) is 7.06. The highest BCUT2D eigenvalue weighted by Crippen LogP contribution is 2.41. The van der Waals surface area contributed by atoms with Gasteiger partial charge in [0.2, 0.25) is 11.9 Å². The molecule has 1 amide bonds. The first-order chi connectivity index (χ1) is 16.3. The maximum absolute atomic E-state index is 14.0. The number of benzene rings is 2. The van der Waals surface area contributed by atoms with Crippen LogP contribution in [-0.2, 0) is 10.2 Å². The lowest BCUT2D eigenvalue weighted by Gasteiger charge is -2.43. The molecule has 5 rings (SSSR count). The molecule has 0 radical (unpaired) electrons. The van der Waals surface area contributed by atoms with Crippen LogP contribution in [0.2, 0.25) is 0 Å². The molecule has 2 saturated heterocycles. The lowest BCUT2D eigenvalue weighted by Crippen LogP contribution is -2.55. The summed E-state index contributed by atoms with van der Waals surface area (Å²) in [6, 6.07) is 22.5. The largest absolute Gasteiger partial charge is 0.340 e. The second-order valence-electron chi connectivity index (χ2n) is 8.91. The Hall–Kier alpha value is -3.25. The second kappa shape index (κ2) is 9.71. The summed E-state index contributed by atoms with van der Waals surface area (Å²) in [6.45, 7) is 6.24. The fourth-order valence-electron chi connectivity index (χ4n) is 5.26. The van der Waals surface area contributed by atoms with Crippen molar-refractivity contribution in [1.29, 1.82) is 0 Å². The maximum atomic E-state index is 14.0. The minimum absolute atomic E-state index is 0.238. The first-order valence-electron chi connectivity index (χ1n) is 11.9. The van der Waals surface area contributed by atoms with Gasteiger partial charge in [0.15, 0.2) is 0 Å². The molecule has 1 aromatic heterocycles. The van der Waals surface area contributed by atoms with Gasteiger partial charge in [-0.3, -0.25) is 9.69 Å². The Morgan fingerprint density at radius 3 is 1.94 bits per heavy atom. The monoisotopic (exact) mass is 441 g/mol. The zero-order valence-electron chi connectivity index (χ0n) is 19.0. The predicted molar refractivity (Wildman–Crippen MR) is 130 cm³/mol. The van der Waals surface area contributed by atoms with E-state index in [0.717, 1.165) is 75.7 Å². The van der Waals surface area contributed by atoms with E-state index in [1.54, 1.807) is 12.4 Å². The van der Waals surface area contributed by atoms with Gasteiger partial charge >= 0.3 is 0 Å². The number of hydrogen-bond donors (Lipinski definition) is 0. The fourth-order valence-corrected chi connectivity index (χ4v) is 5.26. The highest BCUT2D eigenvalue weighted by Gasteiger charge is 2.46. The average molecular weight is 442 g/mol. The highest BCUT2D eigenvalue weighted by atomic mass is 16.2. The molecular weight excluding hydrogens is 410 g/mol. The molecule has 2 aliphatic heterocycles. The van der Waals surface area contributed by atoms with E-state index < -0.39 is 5.41 Å². The minimum Gasteiger partial charge on any atom is -0.340 e. The first-order valence-corrected chi connectivity index (χ1v) is 11.9. The van der Waals surface area contributed by atoms with Gasteiger partial charge in [-0.05, 0) is 30.0 Å². The lowest BCUT2D eigenvalue weighted by molar-refractivity contribution is -0.139. The number of carbonyl (C=O) groups excluding carboxylic acids is 1. The van der Waals surface area contributed by atoms with Crippen molar-refractivity contribution in [3.63, 3.8) is 0 Å². The molecule has 33 heavy (non-hydrogen) atoms. The molecule has 6 heteroatoms. The molecule has 2 aliphatic rings. The lowest BCUT2D eigenvalue weighted by atomic mass is 9.68.